The van der Waals surface area contributed by atoms with Gasteiger partial charge in [-0.25, -0.2) is 8.78 Å². The summed E-state index contributed by atoms with van der Waals surface area (Å²) in [5.41, 5.74) is 0. The van der Waals surface area contributed by atoms with E-state index in [0.717, 1.165) is 18.1 Å². The van der Waals surface area contributed by atoms with Gasteiger partial charge in [0.2, 0.25) is 0 Å². The molecular weight excluding hydrogens is 217 g/mol. The molecule has 0 nitrogen and oxygen atoms in total. The Hall–Kier alpha value is 0.00688. The Balaban J connectivity index is 4.27. The first kappa shape index (κ1) is 15.0. The molecule has 0 aliphatic rings. The zero-order chi connectivity index (χ0) is 11.9. The van der Waals surface area contributed by atoms with Crippen molar-refractivity contribution >= 4 is 8.07 Å². The highest BCUT2D eigenvalue weighted by Gasteiger charge is 2.33. The van der Waals surface area contributed by atoms with Gasteiger partial charge < -0.3 is 0 Å². The van der Waals surface area contributed by atoms with Crippen molar-refractivity contribution in [2.75, 3.05) is 6.67 Å². The van der Waals surface area contributed by atoms with Gasteiger partial charge in [-0.2, -0.15) is 0 Å². The predicted octanol–water partition coefficient (Wildman–Crippen LogP) is 4.53. The maximum atomic E-state index is 13.5. The van der Waals surface area contributed by atoms with Gasteiger partial charge in [0.1, 0.15) is 12.3 Å². The van der Waals surface area contributed by atoms with Crippen LogP contribution in [0.1, 0.15) is 27.2 Å². The number of hydrogen-bond donors (Lipinski definition) is 0. The topological polar surface area (TPSA) is 0 Å². The first-order valence-electron chi connectivity index (χ1n) is 5.89. The van der Waals surface area contributed by atoms with Gasteiger partial charge in [0.05, 0.1) is 14.7 Å². The molecule has 0 aliphatic carbocycles. The first-order chi connectivity index (χ1) is 7.05. The normalized spacial score (nSPS) is 16.4. The first-order valence-corrected chi connectivity index (χ1v) is 8.72. The molecule has 2 unspecified atom stereocenters. The summed E-state index contributed by atoms with van der Waals surface area (Å²) in [4.78, 5) is 0. The summed E-state index contributed by atoms with van der Waals surface area (Å²) < 4.78 is 38.6. The van der Waals surface area contributed by atoms with Crippen LogP contribution in [0.2, 0.25) is 24.2 Å². The van der Waals surface area contributed by atoms with Gasteiger partial charge >= 0.3 is 0 Å². The largest absolute Gasteiger partial charge is 0.251 e. The van der Waals surface area contributed by atoms with E-state index in [4.69, 9.17) is 0 Å². The minimum Gasteiger partial charge on any atom is -0.251 e. The zero-order valence-electron chi connectivity index (χ0n) is 10.0. The number of rotatable bonds is 8. The van der Waals surface area contributed by atoms with Gasteiger partial charge in [-0.3, -0.25) is 4.39 Å². The van der Waals surface area contributed by atoms with Gasteiger partial charge in [0, 0.05) is 6.42 Å². The van der Waals surface area contributed by atoms with E-state index in [1.54, 1.807) is 0 Å². The van der Waals surface area contributed by atoms with E-state index in [1.807, 2.05) is 0 Å². The maximum absolute atomic E-state index is 13.5. The average molecular weight is 240 g/mol. The smallest absolute Gasteiger partial charge is 0.133 e. The van der Waals surface area contributed by atoms with Crippen molar-refractivity contribution in [3.8, 4) is 0 Å². The minimum absolute atomic E-state index is 0.289. The molecule has 0 radical (unpaired) electrons. The number of alkyl halides is 3. The Kier molecular flexibility index (Phi) is 7.31. The van der Waals surface area contributed by atoms with Crippen molar-refractivity contribution in [1.29, 1.82) is 0 Å². The predicted molar refractivity (Wildman–Crippen MR) is 62.4 cm³/mol. The fourth-order valence-corrected chi connectivity index (χ4v) is 5.46. The van der Waals surface area contributed by atoms with Crippen molar-refractivity contribution in [2.24, 2.45) is 0 Å². The van der Waals surface area contributed by atoms with Crippen LogP contribution in [0.5, 0.6) is 0 Å². The van der Waals surface area contributed by atoms with Crippen molar-refractivity contribution in [1.82, 2.24) is 0 Å². The number of hydrogen-bond acceptors (Lipinski definition) is 0. The molecule has 0 saturated heterocycles. The molecule has 0 bridgehead atoms. The van der Waals surface area contributed by atoms with E-state index in [0.29, 0.717) is 6.04 Å². The molecule has 0 spiro atoms. The van der Waals surface area contributed by atoms with Crippen LogP contribution in [-0.2, 0) is 0 Å². The van der Waals surface area contributed by atoms with Gasteiger partial charge in [-0.05, 0) is 6.04 Å². The third-order valence-electron chi connectivity index (χ3n) is 3.66. The Bertz CT molecular complexity index is 152. The molecule has 0 aromatic carbocycles. The Morgan fingerprint density at radius 3 is 1.73 bits per heavy atom. The fraction of sp³-hybridized carbons (Fsp3) is 1.00. The molecule has 0 fully saturated rings. The summed E-state index contributed by atoms with van der Waals surface area (Å²) in [7, 11) is -1.61. The summed E-state index contributed by atoms with van der Waals surface area (Å²) in [6, 6.07) is 3.33. The van der Waals surface area contributed by atoms with Gasteiger partial charge in [0.25, 0.3) is 0 Å². The maximum Gasteiger partial charge on any atom is 0.133 e. The SMILES string of the molecule is CC[Si](CC)(CC)CC(F)C(F)CCF. The van der Waals surface area contributed by atoms with Crippen molar-refractivity contribution in [2.45, 2.75) is 63.7 Å². The summed E-state index contributed by atoms with van der Waals surface area (Å²) in [5, 5.41) is 0. The van der Waals surface area contributed by atoms with Crippen molar-refractivity contribution in [3.63, 3.8) is 0 Å². The Morgan fingerprint density at radius 1 is 0.933 bits per heavy atom. The van der Waals surface area contributed by atoms with E-state index < -0.39 is 27.1 Å². The minimum atomic E-state index is -1.61. The number of halogens is 3. The second kappa shape index (κ2) is 7.31. The van der Waals surface area contributed by atoms with Crippen molar-refractivity contribution in [3.05, 3.63) is 0 Å². The van der Waals surface area contributed by atoms with Crippen LogP contribution in [0.3, 0.4) is 0 Å². The molecular formula is C11H23F3Si. The van der Waals surface area contributed by atoms with E-state index in [1.165, 1.54) is 0 Å². The van der Waals surface area contributed by atoms with E-state index in [-0.39, 0.29) is 6.42 Å². The molecule has 0 heterocycles. The third-order valence-corrected chi connectivity index (χ3v) is 9.41. The molecule has 0 amide bonds. The lowest BCUT2D eigenvalue weighted by atomic mass is 10.2. The third kappa shape index (κ3) is 4.58. The highest BCUT2D eigenvalue weighted by molar-refractivity contribution is 6.79. The van der Waals surface area contributed by atoms with Crippen molar-refractivity contribution < 1.29 is 13.2 Å². The lowest BCUT2D eigenvalue weighted by Crippen LogP contribution is -2.37. The van der Waals surface area contributed by atoms with Crippen LogP contribution in [0.4, 0.5) is 13.2 Å². The van der Waals surface area contributed by atoms with Crippen LogP contribution >= 0.6 is 0 Å². The average Bonchev–Trinajstić information content (AvgIpc) is 2.26. The highest BCUT2D eigenvalue weighted by atomic mass is 28.3. The Labute approximate surface area is 92.3 Å². The Morgan fingerprint density at radius 2 is 1.40 bits per heavy atom. The molecule has 0 rings (SSSR count). The molecule has 15 heavy (non-hydrogen) atoms. The molecule has 4 heteroatoms. The van der Waals surface area contributed by atoms with Gasteiger partial charge in [-0.1, -0.05) is 38.9 Å². The molecule has 0 aromatic rings. The van der Waals surface area contributed by atoms with E-state index in [2.05, 4.69) is 20.8 Å². The highest BCUT2D eigenvalue weighted by Crippen LogP contribution is 2.30. The molecule has 0 aromatic heterocycles. The summed E-state index contributed by atoms with van der Waals surface area (Å²) >= 11 is 0. The standard InChI is InChI=1S/C11H23F3Si/c1-4-15(5-2,6-3)9-11(14)10(13)7-8-12/h10-11H,4-9H2,1-3H3. The van der Waals surface area contributed by atoms with E-state index in [9.17, 15) is 13.2 Å². The quantitative estimate of drug-likeness (QED) is 0.547. The summed E-state index contributed by atoms with van der Waals surface area (Å²) in [5.74, 6) is 0. The summed E-state index contributed by atoms with van der Waals surface area (Å²) in [6.07, 6.45) is -3.35. The lowest BCUT2D eigenvalue weighted by molar-refractivity contribution is 0.161. The second-order valence-electron chi connectivity index (χ2n) is 4.27. The zero-order valence-corrected chi connectivity index (χ0v) is 11.0. The van der Waals surface area contributed by atoms with Crippen LogP contribution in [0.15, 0.2) is 0 Å². The summed E-state index contributed by atoms with van der Waals surface area (Å²) in [6.45, 7) is 5.43. The lowest BCUT2D eigenvalue weighted by Gasteiger charge is -2.30. The van der Waals surface area contributed by atoms with Gasteiger partial charge in [-0.15, -0.1) is 0 Å². The van der Waals surface area contributed by atoms with E-state index >= 15 is 0 Å². The monoisotopic (exact) mass is 240 g/mol. The van der Waals surface area contributed by atoms with Crippen LogP contribution in [0, 0.1) is 0 Å². The van der Waals surface area contributed by atoms with Crippen LogP contribution < -0.4 is 0 Å². The molecule has 0 N–H and O–H groups in total. The van der Waals surface area contributed by atoms with Gasteiger partial charge in [0.15, 0.2) is 0 Å². The van der Waals surface area contributed by atoms with Crippen LogP contribution in [0.25, 0.3) is 0 Å². The molecule has 0 saturated carbocycles. The van der Waals surface area contributed by atoms with Crippen LogP contribution in [-0.4, -0.2) is 27.1 Å². The fourth-order valence-electron chi connectivity index (χ4n) is 2.01. The molecule has 0 aliphatic heterocycles. The molecule has 2 atom stereocenters. The molecule has 92 valence electrons. The second-order valence-corrected chi connectivity index (χ2v) is 9.80.